The number of carbonyl (C=O) groups is 1. The summed E-state index contributed by atoms with van der Waals surface area (Å²) in [5.41, 5.74) is 7.04. The number of carboxylic acid groups (broad SMARTS) is 1. The van der Waals surface area contributed by atoms with Gasteiger partial charge in [0.05, 0.1) is 0 Å². The molecule has 0 saturated heterocycles. The molecule has 4 nitrogen and oxygen atoms in total. The number of benzene rings is 1. The molecule has 1 saturated carbocycles. The summed E-state index contributed by atoms with van der Waals surface area (Å²) >= 11 is 11.1. The average molecular weight is 327 g/mol. The Labute approximate surface area is 134 Å². The van der Waals surface area contributed by atoms with Crippen LogP contribution in [0.1, 0.15) is 55.2 Å². The van der Waals surface area contributed by atoms with Crippen molar-refractivity contribution in [3.63, 3.8) is 0 Å². The van der Waals surface area contributed by atoms with Crippen LogP contribution in [-0.4, -0.2) is 16.2 Å². The van der Waals surface area contributed by atoms with Crippen molar-refractivity contribution in [1.82, 2.24) is 5.32 Å². The van der Waals surface area contributed by atoms with Gasteiger partial charge in [-0.3, -0.25) is 0 Å². The lowest BCUT2D eigenvalue weighted by atomic mass is 9.83. The van der Waals surface area contributed by atoms with Crippen LogP contribution in [0.3, 0.4) is 0 Å². The molecule has 0 aromatic heterocycles. The monoisotopic (exact) mass is 326 g/mol. The number of halogens is 1. The minimum Gasteiger partial charge on any atom is -0.479 e. The van der Waals surface area contributed by atoms with Gasteiger partial charge in [0.1, 0.15) is 0 Å². The van der Waals surface area contributed by atoms with Crippen molar-refractivity contribution in [3.05, 3.63) is 34.3 Å². The Morgan fingerprint density at radius 1 is 1.38 bits per heavy atom. The number of carboxylic acids is 1. The number of nitrogens with one attached hydrogen (secondary N) is 1. The summed E-state index contributed by atoms with van der Waals surface area (Å²) in [6.45, 7) is 0. The summed E-state index contributed by atoms with van der Waals surface area (Å²) < 4.78 is 0. The maximum Gasteiger partial charge on any atom is 0.330 e. The predicted molar refractivity (Wildman–Crippen MR) is 87.6 cm³/mol. The summed E-state index contributed by atoms with van der Waals surface area (Å²) in [6.07, 6.45) is 6.03. The van der Waals surface area contributed by atoms with E-state index in [1.165, 1.54) is 19.3 Å². The van der Waals surface area contributed by atoms with Gasteiger partial charge in [-0.05, 0) is 48.2 Å². The van der Waals surface area contributed by atoms with Crippen LogP contribution < -0.4 is 11.1 Å². The summed E-state index contributed by atoms with van der Waals surface area (Å²) in [5, 5.41) is 12.4. The molecule has 114 valence electrons. The highest BCUT2D eigenvalue weighted by Gasteiger charge is 2.23. The van der Waals surface area contributed by atoms with E-state index in [9.17, 15) is 9.90 Å². The van der Waals surface area contributed by atoms with Gasteiger partial charge in [0.2, 0.25) is 0 Å². The van der Waals surface area contributed by atoms with Gasteiger partial charge in [-0.2, -0.15) is 0 Å². The molecule has 0 spiro atoms. The lowest BCUT2D eigenvalue weighted by molar-refractivity contribution is -0.139. The molecule has 4 N–H and O–H groups in total. The minimum absolute atomic E-state index is 0.0464. The second-order valence-electron chi connectivity index (χ2n) is 5.40. The number of rotatable bonds is 4. The first-order chi connectivity index (χ1) is 9.99. The summed E-state index contributed by atoms with van der Waals surface area (Å²) in [5.74, 6) is -0.559. The number of nitrogens with two attached hydrogens (primary N) is 1. The predicted octanol–water partition coefficient (Wildman–Crippen LogP) is 3.35. The van der Waals surface area contributed by atoms with E-state index in [1.54, 1.807) is 12.1 Å². The van der Waals surface area contributed by atoms with Crippen LogP contribution in [0.5, 0.6) is 0 Å². The average Bonchev–Trinajstić information content (AvgIpc) is 2.45. The molecule has 1 atom stereocenters. The molecule has 6 heteroatoms. The Kier molecular flexibility index (Phi) is 5.42. The third kappa shape index (κ3) is 4.08. The number of hydrogen-bond acceptors (Lipinski definition) is 2. The molecule has 0 aliphatic heterocycles. The topological polar surface area (TPSA) is 75.3 Å². The zero-order valence-electron chi connectivity index (χ0n) is 11.6. The zero-order valence-corrected chi connectivity index (χ0v) is 13.2. The second-order valence-corrected chi connectivity index (χ2v) is 6.24. The maximum atomic E-state index is 11.3. The van der Waals surface area contributed by atoms with E-state index >= 15 is 0 Å². The Balaban J connectivity index is 2.24. The smallest absolute Gasteiger partial charge is 0.330 e. The Morgan fingerprint density at radius 3 is 2.57 bits per heavy atom. The van der Waals surface area contributed by atoms with Gasteiger partial charge in [0.25, 0.3) is 0 Å². The van der Waals surface area contributed by atoms with Gasteiger partial charge >= 0.3 is 5.97 Å². The fourth-order valence-electron chi connectivity index (χ4n) is 2.90. The zero-order chi connectivity index (χ0) is 15.4. The molecule has 1 aliphatic rings. The molecular formula is C15H19ClN2O2S. The van der Waals surface area contributed by atoms with Crippen LogP contribution >= 0.6 is 23.8 Å². The Morgan fingerprint density at radius 2 is 2.05 bits per heavy atom. The highest BCUT2D eigenvalue weighted by Crippen LogP contribution is 2.37. The number of aliphatic carboxylic acids is 1. The fourth-order valence-corrected chi connectivity index (χ4v) is 3.36. The van der Waals surface area contributed by atoms with Crippen LogP contribution in [0.25, 0.3) is 0 Å². The quantitative estimate of drug-likeness (QED) is 0.740. The van der Waals surface area contributed by atoms with Crippen LogP contribution in [0, 0.1) is 0 Å². The molecular weight excluding hydrogens is 308 g/mol. The molecule has 0 amide bonds. The minimum atomic E-state index is -1.04. The van der Waals surface area contributed by atoms with Crippen LogP contribution in [0.2, 0.25) is 5.02 Å². The molecule has 1 fully saturated rings. The summed E-state index contributed by atoms with van der Waals surface area (Å²) in [4.78, 5) is 11.3. The van der Waals surface area contributed by atoms with E-state index in [0.29, 0.717) is 16.5 Å². The maximum absolute atomic E-state index is 11.3. The first-order valence-electron chi connectivity index (χ1n) is 7.07. The molecule has 0 bridgehead atoms. The lowest BCUT2D eigenvalue weighted by Crippen LogP contribution is -2.37. The van der Waals surface area contributed by atoms with Crippen molar-refractivity contribution >= 4 is 34.9 Å². The van der Waals surface area contributed by atoms with Crippen molar-refractivity contribution in [2.75, 3.05) is 0 Å². The van der Waals surface area contributed by atoms with Crippen molar-refractivity contribution in [3.8, 4) is 0 Å². The van der Waals surface area contributed by atoms with Crippen LogP contribution in [0.4, 0.5) is 0 Å². The van der Waals surface area contributed by atoms with Crippen molar-refractivity contribution in [2.45, 2.75) is 44.1 Å². The molecule has 1 aromatic rings. The van der Waals surface area contributed by atoms with Gasteiger partial charge in [-0.25, -0.2) is 4.79 Å². The van der Waals surface area contributed by atoms with Gasteiger partial charge in [0.15, 0.2) is 11.2 Å². The first kappa shape index (κ1) is 16.0. The van der Waals surface area contributed by atoms with Gasteiger partial charge in [-0.15, -0.1) is 0 Å². The van der Waals surface area contributed by atoms with Gasteiger partial charge < -0.3 is 16.2 Å². The fraction of sp³-hybridized carbons (Fsp3) is 0.467. The van der Waals surface area contributed by atoms with E-state index in [-0.39, 0.29) is 5.11 Å². The van der Waals surface area contributed by atoms with Crippen molar-refractivity contribution < 1.29 is 9.90 Å². The molecule has 2 rings (SSSR count). The molecule has 1 unspecified atom stereocenters. The lowest BCUT2D eigenvalue weighted by Gasteiger charge is -2.24. The molecule has 0 heterocycles. The van der Waals surface area contributed by atoms with Gasteiger partial charge in [-0.1, -0.05) is 43.0 Å². The first-order valence-corrected chi connectivity index (χ1v) is 7.85. The number of hydrogen-bond donors (Lipinski definition) is 3. The summed E-state index contributed by atoms with van der Waals surface area (Å²) in [6, 6.07) is 4.46. The standard InChI is InChI=1S/C15H19ClN2O2S/c16-12-8-10(13(14(19)20)18-15(17)21)6-7-11(12)9-4-2-1-3-5-9/h6-9,13H,1-5H2,(H,19,20)(H3,17,18,21). The van der Waals surface area contributed by atoms with E-state index in [0.717, 1.165) is 18.4 Å². The van der Waals surface area contributed by atoms with Gasteiger partial charge in [0, 0.05) is 5.02 Å². The molecule has 0 radical (unpaired) electrons. The molecule has 21 heavy (non-hydrogen) atoms. The normalized spacial score (nSPS) is 17.2. The van der Waals surface area contributed by atoms with Crippen LogP contribution in [-0.2, 0) is 4.79 Å². The number of thiocarbonyl (C=S) groups is 1. The summed E-state index contributed by atoms with van der Waals surface area (Å²) in [7, 11) is 0. The van der Waals surface area contributed by atoms with Crippen molar-refractivity contribution in [2.24, 2.45) is 5.73 Å². The molecule has 1 aliphatic carbocycles. The third-order valence-corrected chi connectivity index (χ3v) is 4.38. The van der Waals surface area contributed by atoms with E-state index < -0.39 is 12.0 Å². The van der Waals surface area contributed by atoms with Crippen molar-refractivity contribution in [1.29, 1.82) is 0 Å². The van der Waals surface area contributed by atoms with E-state index in [4.69, 9.17) is 29.6 Å². The largest absolute Gasteiger partial charge is 0.479 e. The van der Waals surface area contributed by atoms with E-state index in [1.807, 2.05) is 6.07 Å². The third-order valence-electron chi connectivity index (χ3n) is 3.94. The Bertz CT molecular complexity index is 544. The van der Waals surface area contributed by atoms with Crippen LogP contribution in [0.15, 0.2) is 18.2 Å². The Hall–Kier alpha value is -1.33. The highest BCUT2D eigenvalue weighted by atomic mass is 35.5. The highest BCUT2D eigenvalue weighted by molar-refractivity contribution is 7.80. The van der Waals surface area contributed by atoms with E-state index in [2.05, 4.69) is 5.32 Å². The second kappa shape index (κ2) is 7.09. The SMILES string of the molecule is NC(=S)NC(C(=O)O)c1ccc(C2CCCCC2)c(Cl)c1. The molecule has 1 aromatic carbocycles.